The zero-order valence-electron chi connectivity index (χ0n) is 20.8. The molecule has 2 heterocycles. The molecule has 4 rings (SSSR count). The molecule has 1 atom stereocenters. The average molecular weight is 465 g/mol. The molecule has 176 valence electrons. The SMILES string of the molecule is CC.Cc1cccc(C)c1-c1cc2nc(n1)NSc1cccc(c1)NC(CC(C)(C)C)CO2. The third-order valence-corrected chi connectivity index (χ3v) is 5.97. The zero-order valence-corrected chi connectivity index (χ0v) is 21.6. The Morgan fingerprint density at radius 3 is 2.39 bits per heavy atom. The second kappa shape index (κ2) is 10.9. The monoisotopic (exact) mass is 464 g/mol. The molecule has 0 radical (unpaired) electrons. The minimum absolute atomic E-state index is 0.162. The first-order valence-corrected chi connectivity index (χ1v) is 12.5. The number of nitrogens with zero attached hydrogens (tertiary/aromatic N) is 2. The first kappa shape index (κ1) is 24.9. The largest absolute Gasteiger partial charge is 0.475 e. The number of ether oxygens (including phenoxy) is 1. The van der Waals surface area contributed by atoms with Crippen molar-refractivity contribution in [2.24, 2.45) is 5.41 Å². The van der Waals surface area contributed by atoms with Crippen LogP contribution in [-0.4, -0.2) is 22.6 Å². The Bertz CT molecular complexity index is 1060. The van der Waals surface area contributed by atoms with Crippen LogP contribution >= 0.6 is 11.9 Å². The van der Waals surface area contributed by atoms with Crippen LogP contribution < -0.4 is 14.8 Å². The maximum Gasteiger partial charge on any atom is 0.237 e. The molecule has 1 aliphatic heterocycles. The first-order chi connectivity index (χ1) is 15.8. The van der Waals surface area contributed by atoms with Crippen molar-refractivity contribution in [2.75, 3.05) is 16.6 Å². The van der Waals surface area contributed by atoms with Crippen LogP contribution in [0.5, 0.6) is 5.88 Å². The lowest BCUT2D eigenvalue weighted by molar-refractivity contribution is 0.244. The molecule has 0 spiro atoms. The van der Waals surface area contributed by atoms with Gasteiger partial charge in [-0.3, -0.25) is 4.72 Å². The quantitative estimate of drug-likeness (QED) is 0.383. The van der Waals surface area contributed by atoms with E-state index in [1.54, 1.807) is 0 Å². The number of anilines is 2. The van der Waals surface area contributed by atoms with Crippen molar-refractivity contribution in [3.05, 3.63) is 59.7 Å². The van der Waals surface area contributed by atoms with Crippen LogP contribution in [0.4, 0.5) is 11.6 Å². The molecule has 4 bridgehead atoms. The van der Waals surface area contributed by atoms with E-state index in [4.69, 9.17) is 9.72 Å². The van der Waals surface area contributed by atoms with E-state index >= 15 is 0 Å². The summed E-state index contributed by atoms with van der Waals surface area (Å²) in [7, 11) is 0. The van der Waals surface area contributed by atoms with Crippen LogP contribution in [0.1, 0.15) is 52.2 Å². The Morgan fingerprint density at radius 1 is 1.00 bits per heavy atom. The van der Waals surface area contributed by atoms with E-state index < -0.39 is 0 Å². The van der Waals surface area contributed by atoms with Crippen molar-refractivity contribution in [2.45, 2.75) is 65.8 Å². The van der Waals surface area contributed by atoms with Crippen LogP contribution in [0.2, 0.25) is 0 Å². The number of nitrogens with one attached hydrogen (secondary N) is 2. The number of rotatable bonds is 2. The average Bonchev–Trinajstić information content (AvgIpc) is 2.76. The van der Waals surface area contributed by atoms with Gasteiger partial charge < -0.3 is 10.1 Å². The second-order valence-electron chi connectivity index (χ2n) is 9.33. The number of benzene rings is 2. The molecule has 5 nitrogen and oxygen atoms in total. The summed E-state index contributed by atoms with van der Waals surface area (Å²) in [6.45, 7) is 15.5. The van der Waals surface area contributed by atoms with Gasteiger partial charge >= 0.3 is 0 Å². The van der Waals surface area contributed by atoms with Gasteiger partial charge in [0.2, 0.25) is 11.8 Å². The van der Waals surface area contributed by atoms with Gasteiger partial charge in [-0.05, 0) is 67.0 Å². The highest BCUT2D eigenvalue weighted by Crippen LogP contribution is 2.31. The summed E-state index contributed by atoms with van der Waals surface area (Å²) in [5, 5.41) is 3.66. The summed E-state index contributed by atoms with van der Waals surface area (Å²) in [5.74, 6) is 1.13. The number of hydrogen-bond donors (Lipinski definition) is 2. The van der Waals surface area contributed by atoms with E-state index in [0.717, 1.165) is 28.3 Å². The van der Waals surface area contributed by atoms with Crippen molar-refractivity contribution >= 4 is 23.6 Å². The van der Waals surface area contributed by atoms with E-state index in [-0.39, 0.29) is 11.5 Å². The lowest BCUT2D eigenvalue weighted by Gasteiger charge is -2.28. The molecular formula is C27H36N4OS. The van der Waals surface area contributed by atoms with Gasteiger partial charge in [-0.2, -0.15) is 4.98 Å². The van der Waals surface area contributed by atoms with E-state index in [0.29, 0.717) is 18.4 Å². The summed E-state index contributed by atoms with van der Waals surface area (Å²) in [4.78, 5) is 10.5. The fraction of sp³-hybridized carbons (Fsp3) is 0.407. The lowest BCUT2D eigenvalue weighted by Crippen LogP contribution is -2.31. The van der Waals surface area contributed by atoms with Gasteiger partial charge in [-0.15, -0.1) is 0 Å². The Labute approximate surface area is 202 Å². The van der Waals surface area contributed by atoms with Crippen LogP contribution in [0.25, 0.3) is 11.3 Å². The molecule has 1 unspecified atom stereocenters. The topological polar surface area (TPSA) is 59.1 Å². The Hall–Kier alpha value is -2.73. The van der Waals surface area contributed by atoms with Gasteiger partial charge in [0.15, 0.2) is 0 Å². The molecule has 0 saturated heterocycles. The van der Waals surface area contributed by atoms with Crippen molar-refractivity contribution in [3.8, 4) is 17.1 Å². The lowest BCUT2D eigenvalue weighted by atomic mass is 9.88. The Kier molecular flexibility index (Phi) is 8.25. The van der Waals surface area contributed by atoms with E-state index in [9.17, 15) is 0 Å². The van der Waals surface area contributed by atoms with Crippen LogP contribution in [-0.2, 0) is 0 Å². The van der Waals surface area contributed by atoms with Gasteiger partial charge in [0.1, 0.15) is 6.61 Å². The Balaban J connectivity index is 0.00000149. The highest BCUT2D eigenvalue weighted by molar-refractivity contribution is 8.00. The number of fused-ring (bicyclic) bond motifs is 4. The molecule has 1 aromatic heterocycles. The molecular weight excluding hydrogens is 428 g/mol. The molecule has 33 heavy (non-hydrogen) atoms. The van der Waals surface area contributed by atoms with Gasteiger partial charge in [-0.1, -0.05) is 58.9 Å². The predicted octanol–water partition coefficient (Wildman–Crippen LogP) is 7.51. The van der Waals surface area contributed by atoms with E-state index in [1.165, 1.54) is 23.1 Å². The van der Waals surface area contributed by atoms with Gasteiger partial charge in [0.05, 0.1) is 11.7 Å². The van der Waals surface area contributed by atoms with E-state index in [2.05, 4.69) is 92.1 Å². The number of aryl methyl sites for hydroxylation is 2. The second-order valence-corrected chi connectivity index (χ2v) is 10.2. The molecule has 2 aromatic carbocycles. The third-order valence-electron chi connectivity index (χ3n) is 5.20. The molecule has 1 aliphatic rings. The fourth-order valence-electron chi connectivity index (χ4n) is 3.96. The van der Waals surface area contributed by atoms with Crippen LogP contribution in [0.15, 0.2) is 53.4 Å². The van der Waals surface area contributed by atoms with Crippen molar-refractivity contribution in [1.29, 1.82) is 0 Å². The normalized spacial score (nSPS) is 15.4. The maximum atomic E-state index is 6.23. The standard InChI is InChI=1S/C25H30N4OS.C2H6/c1-16-8-6-9-17(2)23(16)21-13-22-28-24(27-21)29-31-20-11-7-10-18(12-20)26-19(15-30-22)14-25(3,4)5;1-2/h6-13,19,26H,14-15H2,1-5H3,(H,27,28,29);1-2H3. The van der Waals surface area contributed by atoms with Gasteiger partial charge in [0, 0.05) is 22.2 Å². The van der Waals surface area contributed by atoms with Crippen molar-refractivity contribution in [1.82, 2.24) is 9.97 Å². The summed E-state index contributed by atoms with van der Waals surface area (Å²) in [6.07, 6.45) is 0.977. The summed E-state index contributed by atoms with van der Waals surface area (Å²) >= 11 is 1.50. The molecule has 0 fully saturated rings. The van der Waals surface area contributed by atoms with Crippen molar-refractivity contribution < 1.29 is 4.74 Å². The summed E-state index contributed by atoms with van der Waals surface area (Å²) < 4.78 is 9.52. The molecule has 2 N–H and O–H groups in total. The molecule has 3 aromatic rings. The maximum absolute atomic E-state index is 6.23. The zero-order chi connectivity index (χ0) is 24.0. The van der Waals surface area contributed by atoms with Gasteiger partial charge in [-0.25, -0.2) is 4.98 Å². The molecule has 0 amide bonds. The smallest absolute Gasteiger partial charge is 0.237 e. The minimum Gasteiger partial charge on any atom is -0.475 e. The molecule has 0 aliphatic carbocycles. The van der Waals surface area contributed by atoms with Crippen LogP contribution in [0, 0.1) is 19.3 Å². The molecule has 0 saturated carbocycles. The predicted molar refractivity (Wildman–Crippen MR) is 141 cm³/mol. The first-order valence-electron chi connectivity index (χ1n) is 11.6. The van der Waals surface area contributed by atoms with Crippen LogP contribution in [0.3, 0.4) is 0 Å². The third kappa shape index (κ3) is 6.87. The highest BCUT2D eigenvalue weighted by atomic mass is 32.2. The molecule has 6 heteroatoms. The Morgan fingerprint density at radius 2 is 1.70 bits per heavy atom. The van der Waals surface area contributed by atoms with Gasteiger partial charge in [0.25, 0.3) is 0 Å². The highest BCUT2D eigenvalue weighted by Gasteiger charge is 2.21. The van der Waals surface area contributed by atoms with E-state index in [1.807, 2.05) is 19.9 Å². The number of hydrogen-bond acceptors (Lipinski definition) is 6. The summed E-state index contributed by atoms with van der Waals surface area (Å²) in [5.41, 5.74) is 5.63. The fourth-order valence-corrected chi connectivity index (χ4v) is 4.59. The summed E-state index contributed by atoms with van der Waals surface area (Å²) in [6, 6.07) is 16.8. The minimum atomic E-state index is 0.162. The number of aromatic nitrogens is 2. The van der Waals surface area contributed by atoms with Crippen molar-refractivity contribution in [3.63, 3.8) is 0 Å².